The molecule has 1 saturated heterocycles. The molecule has 1 amide bonds. The van der Waals surface area contributed by atoms with Crippen molar-refractivity contribution >= 4 is 44.1 Å². The zero-order valence-electron chi connectivity index (χ0n) is 21.9. The van der Waals surface area contributed by atoms with Gasteiger partial charge in [0.1, 0.15) is 5.76 Å². The molecule has 1 aliphatic heterocycles. The van der Waals surface area contributed by atoms with E-state index in [0.29, 0.717) is 10.7 Å². The summed E-state index contributed by atoms with van der Waals surface area (Å²) in [6.45, 7) is 12.4. The number of thiazole rings is 1. The highest BCUT2D eigenvalue weighted by Gasteiger charge is 2.48. The van der Waals surface area contributed by atoms with E-state index in [1.807, 2.05) is 63.2 Å². The van der Waals surface area contributed by atoms with Crippen molar-refractivity contribution < 1.29 is 14.7 Å². The number of Topliss-reactive ketones (excluding diaryl/α,β-unsaturated/α-hetero) is 1. The average Bonchev–Trinajstić information content (AvgIpc) is 3.37. The number of hydrogen-bond donors (Lipinski definition) is 1. The number of rotatable bonds is 3. The second-order valence-electron chi connectivity index (χ2n) is 10.8. The van der Waals surface area contributed by atoms with Gasteiger partial charge in [0.25, 0.3) is 5.78 Å². The highest BCUT2D eigenvalue weighted by molar-refractivity contribution is 7.22. The number of carbonyl (C=O) groups is 2. The van der Waals surface area contributed by atoms with Gasteiger partial charge in [0.05, 0.1) is 21.8 Å². The fourth-order valence-corrected chi connectivity index (χ4v) is 6.01. The summed E-state index contributed by atoms with van der Waals surface area (Å²) in [5, 5.41) is 11.8. The third-order valence-corrected chi connectivity index (χ3v) is 7.89. The number of anilines is 1. The van der Waals surface area contributed by atoms with Crippen molar-refractivity contribution in [1.82, 2.24) is 4.98 Å². The molecule has 2 heterocycles. The van der Waals surface area contributed by atoms with E-state index in [9.17, 15) is 14.7 Å². The minimum absolute atomic E-state index is 0.0509. The van der Waals surface area contributed by atoms with Gasteiger partial charge in [-0.15, -0.1) is 0 Å². The van der Waals surface area contributed by atoms with Gasteiger partial charge in [-0.2, -0.15) is 0 Å². The number of fused-ring (bicyclic) bond motifs is 1. The first-order chi connectivity index (χ1) is 17.5. The molecule has 0 radical (unpaired) electrons. The maximum atomic E-state index is 13.5. The number of amides is 1. The van der Waals surface area contributed by atoms with Crippen molar-refractivity contribution in [3.63, 3.8) is 0 Å². The minimum Gasteiger partial charge on any atom is -0.507 e. The van der Waals surface area contributed by atoms with Crippen LogP contribution in [0.15, 0.2) is 66.2 Å². The zero-order valence-corrected chi connectivity index (χ0v) is 22.7. The number of aliphatic hydroxyl groups excluding tert-OH is 1. The van der Waals surface area contributed by atoms with Crippen molar-refractivity contribution in [2.24, 2.45) is 0 Å². The van der Waals surface area contributed by atoms with Gasteiger partial charge in [-0.3, -0.25) is 14.5 Å². The van der Waals surface area contributed by atoms with Crippen LogP contribution in [0.4, 0.5) is 5.13 Å². The van der Waals surface area contributed by atoms with E-state index >= 15 is 0 Å². The molecule has 0 bridgehead atoms. The Kier molecular flexibility index (Phi) is 6.03. The number of hydrogen-bond acceptors (Lipinski definition) is 5. The summed E-state index contributed by atoms with van der Waals surface area (Å²) in [4.78, 5) is 33.3. The van der Waals surface area contributed by atoms with Gasteiger partial charge in [-0.25, -0.2) is 4.98 Å². The number of nitrogens with zero attached hydrogens (tertiary/aromatic N) is 2. The van der Waals surface area contributed by atoms with Gasteiger partial charge in [0.2, 0.25) is 0 Å². The minimum atomic E-state index is -0.794. The second-order valence-corrected chi connectivity index (χ2v) is 11.8. The third kappa shape index (κ3) is 4.36. The van der Waals surface area contributed by atoms with E-state index in [-0.39, 0.29) is 16.7 Å². The molecule has 1 fully saturated rings. The van der Waals surface area contributed by atoms with Gasteiger partial charge >= 0.3 is 5.91 Å². The van der Waals surface area contributed by atoms with Crippen molar-refractivity contribution in [2.75, 3.05) is 4.90 Å². The summed E-state index contributed by atoms with van der Waals surface area (Å²) in [7, 11) is 0. The standard InChI is InChI=1S/C31H30N2O3S/c1-17-7-9-21(10-8-17)27(34)24-26(20-11-13-22(14-12-20)31(4,5)6)33(29(36)28(24)35)30-32-25-19(3)15-18(2)16-23(25)37-30/h7-16,26,34H,1-6H3/t26-/m1/s1. The maximum Gasteiger partial charge on any atom is 0.301 e. The summed E-state index contributed by atoms with van der Waals surface area (Å²) < 4.78 is 0.953. The lowest BCUT2D eigenvalue weighted by molar-refractivity contribution is -0.132. The second kappa shape index (κ2) is 8.96. The Balaban J connectivity index is 1.73. The molecule has 1 atom stereocenters. The topological polar surface area (TPSA) is 70.5 Å². The molecule has 6 heteroatoms. The quantitative estimate of drug-likeness (QED) is 0.181. The molecule has 0 spiro atoms. The van der Waals surface area contributed by atoms with Crippen LogP contribution in [0.1, 0.15) is 60.2 Å². The SMILES string of the molecule is Cc1ccc(C(O)=C2C(=O)C(=O)N(c3nc4c(C)cc(C)cc4s3)[C@@H]2c2ccc(C(C)(C)C)cc2)cc1. The molecule has 5 nitrogen and oxygen atoms in total. The summed E-state index contributed by atoms with van der Waals surface area (Å²) in [6.07, 6.45) is 0. The van der Waals surface area contributed by atoms with Gasteiger partial charge in [0, 0.05) is 5.56 Å². The Hall–Kier alpha value is -3.77. The van der Waals surface area contributed by atoms with E-state index in [1.165, 1.54) is 16.2 Å². The van der Waals surface area contributed by atoms with Gasteiger partial charge in [0.15, 0.2) is 5.13 Å². The van der Waals surface area contributed by atoms with Crippen LogP contribution < -0.4 is 4.90 Å². The first kappa shape index (κ1) is 24.9. The smallest absolute Gasteiger partial charge is 0.301 e. The van der Waals surface area contributed by atoms with Crippen LogP contribution in [0, 0.1) is 20.8 Å². The molecule has 1 N–H and O–H groups in total. The monoisotopic (exact) mass is 510 g/mol. The van der Waals surface area contributed by atoms with Crippen molar-refractivity contribution in [3.8, 4) is 0 Å². The van der Waals surface area contributed by atoms with Crippen LogP contribution >= 0.6 is 11.3 Å². The lowest BCUT2D eigenvalue weighted by Gasteiger charge is -2.24. The lowest BCUT2D eigenvalue weighted by Crippen LogP contribution is -2.29. The highest BCUT2D eigenvalue weighted by Crippen LogP contribution is 2.45. The van der Waals surface area contributed by atoms with Crippen LogP contribution in [0.2, 0.25) is 0 Å². The molecule has 1 aromatic heterocycles. The fraction of sp³-hybridized carbons (Fsp3) is 0.258. The molecule has 3 aromatic carbocycles. The van der Waals surface area contributed by atoms with Crippen molar-refractivity contribution in [1.29, 1.82) is 0 Å². The van der Waals surface area contributed by atoms with Crippen LogP contribution in [0.5, 0.6) is 0 Å². The molecule has 0 unspecified atom stereocenters. The molecule has 4 aromatic rings. The van der Waals surface area contributed by atoms with Gasteiger partial charge < -0.3 is 5.11 Å². The van der Waals surface area contributed by atoms with E-state index < -0.39 is 17.7 Å². The molecular formula is C31H30N2O3S. The summed E-state index contributed by atoms with van der Waals surface area (Å²) >= 11 is 1.38. The lowest BCUT2D eigenvalue weighted by atomic mass is 9.85. The third-order valence-electron chi connectivity index (χ3n) is 6.89. The number of aromatic nitrogens is 1. The van der Waals surface area contributed by atoms with E-state index in [1.54, 1.807) is 12.1 Å². The normalized spacial score (nSPS) is 17.7. The zero-order chi connectivity index (χ0) is 26.6. The highest BCUT2D eigenvalue weighted by atomic mass is 32.1. The number of benzene rings is 3. The van der Waals surface area contributed by atoms with Crippen LogP contribution in [-0.4, -0.2) is 21.8 Å². The Morgan fingerprint density at radius 1 is 0.919 bits per heavy atom. The number of carbonyl (C=O) groups excluding carboxylic acids is 2. The van der Waals surface area contributed by atoms with Gasteiger partial charge in [-0.1, -0.05) is 92.3 Å². The number of ketones is 1. The van der Waals surface area contributed by atoms with Crippen LogP contribution in [-0.2, 0) is 15.0 Å². The predicted molar refractivity (Wildman–Crippen MR) is 150 cm³/mol. The summed E-state index contributed by atoms with van der Waals surface area (Å²) in [5.74, 6) is -1.58. The van der Waals surface area contributed by atoms with Crippen LogP contribution in [0.25, 0.3) is 16.0 Å². The molecule has 0 saturated carbocycles. The predicted octanol–water partition coefficient (Wildman–Crippen LogP) is 7.15. The molecule has 188 valence electrons. The van der Waals surface area contributed by atoms with Crippen molar-refractivity contribution in [3.05, 3.63) is 99.6 Å². The maximum absolute atomic E-state index is 13.5. The molecule has 0 aliphatic carbocycles. The van der Waals surface area contributed by atoms with E-state index in [0.717, 1.165) is 38.0 Å². The molecule has 1 aliphatic rings. The Labute approximate surface area is 221 Å². The average molecular weight is 511 g/mol. The first-order valence-corrected chi connectivity index (χ1v) is 13.1. The molecule has 5 rings (SSSR count). The molecular weight excluding hydrogens is 480 g/mol. The first-order valence-electron chi connectivity index (χ1n) is 12.3. The Morgan fingerprint density at radius 3 is 2.19 bits per heavy atom. The number of aliphatic hydroxyl groups is 1. The van der Waals surface area contributed by atoms with Crippen LogP contribution in [0.3, 0.4) is 0 Å². The summed E-state index contributed by atoms with van der Waals surface area (Å²) in [6, 6.07) is 18.5. The largest absolute Gasteiger partial charge is 0.507 e. The van der Waals surface area contributed by atoms with Gasteiger partial charge in [-0.05, 0) is 54.5 Å². The van der Waals surface area contributed by atoms with Crippen molar-refractivity contribution in [2.45, 2.75) is 53.0 Å². The number of aryl methyl sites for hydroxylation is 3. The van der Waals surface area contributed by atoms with E-state index in [4.69, 9.17) is 4.98 Å². The summed E-state index contributed by atoms with van der Waals surface area (Å²) in [5.41, 5.74) is 6.37. The Bertz CT molecular complexity index is 1570. The Morgan fingerprint density at radius 2 is 1.57 bits per heavy atom. The van der Waals surface area contributed by atoms with E-state index in [2.05, 4.69) is 26.8 Å². The fourth-order valence-electron chi connectivity index (χ4n) is 4.84. The molecule has 37 heavy (non-hydrogen) atoms.